The predicted molar refractivity (Wildman–Crippen MR) is 68.4 cm³/mol. The lowest BCUT2D eigenvalue weighted by Gasteiger charge is -2.10. The summed E-state index contributed by atoms with van der Waals surface area (Å²) in [6.45, 7) is 4.34. The SMILES string of the molecule is Cc1ccc(COc2ccccc2C)c(O)c1. The molecule has 0 fully saturated rings. The van der Waals surface area contributed by atoms with Crippen molar-refractivity contribution >= 4 is 0 Å². The summed E-state index contributed by atoms with van der Waals surface area (Å²) in [5, 5.41) is 9.76. The van der Waals surface area contributed by atoms with E-state index in [-0.39, 0.29) is 0 Å². The highest BCUT2D eigenvalue weighted by atomic mass is 16.5. The van der Waals surface area contributed by atoms with Crippen molar-refractivity contribution in [3.8, 4) is 11.5 Å². The third-order valence-corrected chi connectivity index (χ3v) is 2.72. The second kappa shape index (κ2) is 4.91. The molecule has 0 aromatic heterocycles. The molecule has 1 N–H and O–H groups in total. The van der Waals surface area contributed by atoms with E-state index in [1.54, 1.807) is 6.07 Å². The second-order valence-electron chi connectivity index (χ2n) is 4.19. The fourth-order valence-electron chi connectivity index (χ4n) is 1.67. The van der Waals surface area contributed by atoms with Gasteiger partial charge in [-0.1, -0.05) is 30.3 Å². The Hall–Kier alpha value is -1.96. The van der Waals surface area contributed by atoms with Crippen LogP contribution < -0.4 is 4.74 Å². The topological polar surface area (TPSA) is 29.5 Å². The quantitative estimate of drug-likeness (QED) is 0.870. The number of ether oxygens (including phenoxy) is 1. The Balaban J connectivity index is 2.10. The fourth-order valence-corrected chi connectivity index (χ4v) is 1.67. The minimum absolute atomic E-state index is 0.290. The maximum atomic E-state index is 9.76. The molecule has 0 radical (unpaired) electrons. The van der Waals surface area contributed by atoms with Crippen LogP contribution in [-0.2, 0) is 6.61 Å². The first-order valence-electron chi connectivity index (χ1n) is 5.64. The summed E-state index contributed by atoms with van der Waals surface area (Å²) in [5.41, 5.74) is 2.94. The summed E-state index contributed by atoms with van der Waals surface area (Å²) in [5.74, 6) is 1.14. The van der Waals surface area contributed by atoms with E-state index in [1.807, 2.05) is 50.2 Å². The molecule has 2 heteroatoms. The van der Waals surface area contributed by atoms with Crippen LogP contribution in [-0.4, -0.2) is 5.11 Å². The molecule has 88 valence electrons. The number of phenols is 1. The lowest BCUT2D eigenvalue weighted by molar-refractivity contribution is 0.297. The summed E-state index contributed by atoms with van der Waals surface area (Å²) >= 11 is 0. The molecule has 2 rings (SSSR count). The van der Waals surface area contributed by atoms with E-state index in [4.69, 9.17) is 4.74 Å². The van der Waals surface area contributed by atoms with Crippen LogP contribution in [0.3, 0.4) is 0 Å². The molecule has 17 heavy (non-hydrogen) atoms. The van der Waals surface area contributed by atoms with E-state index in [9.17, 15) is 5.11 Å². The van der Waals surface area contributed by atoms with Crippen LogP contribution in [0, 0.1) is 13.8 Å². The number of rotatable bonds is 3. The largest absolute Gasteiger partial charge is 0.508 e. The smallest absolute Gasteiger partial charge is 0.122 e. The van der Waals surface area contributed by atoms with Gasteiger partial charge in [-0.2, -0.15) is 0 Å². The van der Waals surface area contributed by atoms with E-state index in [2.05, 4.69) is 0 Å². The summed E-state index contributed by atoms with van der Waals surface area (Å²) in [7, 11) is 0. The molecule has 0 bridgehead atoms. The molecule has 0 heterocycles. The van der Waals surface area contributed by atoms with Gasteiger partial charge >= 0.3 is 0 Å². The Bertz CT molecular complexity index is 518. The Morgan fingerprint density at radius 2 is 1.82 bits per heavy atom. The number of para-hydroxylation sites is 1. The van der Waals surface area contributed by atoms with Crippen molar-refractivity contribution in [2.45, 2.75) is 20.5 Å². The molecule has 0 spiro atoms. The average molecular weight is 228 g/mol. The molecule has 2 aromatic rings. The first-order chi connectivity index (χ1) is 8.16. The molecule has 0 aliphatic rings. The van der Waals surface area contributed by atoms with Crippen molar-refractivity contribution < 1.29 is 9.84 Å². The van der Waals surface area contributed by atoms with Gasteiger partial charge in [0.05, 0.1) is 0 Å². The van der Waals surface area contributed by atoms with Crippen LogP contribution >= 0.6 is 0 Å². The lowest BCUT2D eigenvalue weighted by Crippen LogP contribution is -1.97. The zero-order chi connectivity index (χ0) is 12.3. The monoisotopic (exact) mass is 228 g/mol. The molecular formula is C15H16O2. The fraction of sp³-hybridized carbons (Fsp3) is 0.200. The number of aryl methyl sites for hydroxylation is 2. The molecule has 0 aliphatic carbocycles. The number of benzene rings is 2. The summed E-state index contributed by atoms with van der Waals surface area (Å²) in [6, 6.07) is 13.5. The zero-order valence-electron chi connectivity index (χ0n) is 10.1. The van der Waals surface area contributed by atoms with Crippen molar-refractivity contribution in [2.75, 3.05) is 0 Å². The van der Waals surface area contributed by atoms with Crippen LogP contribution in [0.1, 0.15) is 16.7 Å². The van der Waals surface area contributed by atoms with Crippen molar-refractivity contribution in [3.63, 3.8) is 0 Å². The van der Waals surface area contributed by atoms with Gasteiger partial charge in [-0.15, -0.1) is 0 Å². The van der Waals surface area contributed by atoms with Crippen LogP contribution in [0.15, 0.2) is 42.5 Å². The Kier molecular flexibility index (Phi) is 3.33. The van der Waals surface area contributed by atoms with Crippen molar-refractivity contribution in [1.29, 1.82) is 0 Å². The molecule has 0 atom stereocenters. The molecular weight excluding hydrogens is 212 g/mol. The Labute approximate surface area is 101 Å². The Morgan fingerprint density at radius 3 is 2.53 bits per heavy atom. The first kappa shape index (κ1) is 11.5. The van der Waals surface area contributed by atoms with Crippen molar-refractivity contribution in [2.24, 2.45) is 0 Å². The standard InChI is InChI=1S/C15H16O2/c1-11-7-8-13(14(16)9-11)10-17-15-6-4-3-5-12(15)2/h3-9,16H,10H2,1-2H3. The van der Waals surface area contributed by atoms with Gasteiger partial charge in [0.2, 0.25) is 0 Å². The molecule has 0 saturated heterocycles. The van der Waals surface area contributed by atoms with E-state index >= 15 is 0 Å². The summed E-state index contributed by atoms with van der Waals surface area (Å²) in [4.78, 5) is 0. The molecule has 2 aromatic carbocycles. The highest BCUT2D eigenvalue weighted by Crippen LogP contribution is 2.22. The van der Waals surface area contributed by atoms with Gasteiger partial charge in [-0.25, -0.2) is 0 Å². The third-order valence-electron chi connectivity index (χ3n) is 2.72. The number of phenolic OH excluding ortho intramolecular Hbond substituents is 1. The third kappa shape index (κ3) is 2.78. The van der Waals surface area contributed by atoms with E-state index in [0.29, 0.717) is 12.4 Å². The van der Waals surface area contributed by atoms with E-state index in [1.165, 1.54) is 0 Å². The van der Waals surface area contributed by atoms with E-state index in [0.717, 1.165) is 22.4 Å². The van der Waals surface area contributed by atoms with Crippen LogP contribution in [0.4, 0.5) is 0 Å². The summed E-state index contributed by atoms with van der Waals surface area (Å²) in [6.07, 6.45) is 0. The van der Waals surface area contributed by atoms with Crippen LogP contribution in [0.25, 0.3) is 0 Å². The van der Waals surface area contributed by atoms with Gasteiger partial charge in [-0.3, -0.25) is 0 Å². The molecule has 0 aliphatic heterocycles. The minimum atomic E-state index is 0.290. The van der Waals surface area contributed by atoms with Crippen molar-refractivity contribution in [3.05, 3.63) is 59.2 Å². The predicted octanol–water partition coefficient (Wildman–Crippen LogP) is 3.59. The molecule has 0 amide bonds. The van der Waals surface area contributed by atoms with Crippen LogP contribution in [0.5, 0.6) is 11.5 Å². The number of hydrogen-bond donors (Lipinski definition) is 1. The molecule has 0 unspecified atom stereocenters. The maximum Gasteiger partial charge on any atom is 0.122 e. The van der Waals surface area contributed by atoms with Gasteiger partial charge in [0, 0.05) is 5.56 Å². The van der Waals surface area contributed by atoms with E-state index < -0.39 is 0 Å². The first-order valence-corrected chi connectivity index (χ1v) is 5.64. The normalized spacial score (nSPS) is 10.2. The highest BCUT2D eigenvalue weighted by molar-refractivity contribution is 5.37. The Morgan fingerprint density at radius 1 is 1.06 bits per heavy atom. The zero-order valence-corrected chi connectivity index (χ0v) is 10.1. The van der Waals surface area contributed by atoms with Gasteiger partial charge in [0.15, 0.2) is 0 Å². The molecule has 0 saturated carbocycles. The summed E-state index contributed by atoms with van der Waals surface area (Å²) < 4.78 is 5.68. The van der Waals surface area contributed by atoms with Gasteiger partial charge in [0.25, 0.3) is 0 Å². The number of hydrogen-bond acceptors (Lipinski definition) is 2. The average Bonchev–Trinajstić information content (AvgIpc) is 2.30. The molecule has 2 nitrogen and oxygen atoms in total. The van der Waals surface area contributed by atoms with Gasteiger partial charge in [0.1, 0.15) is 18.1 Å². The second-order valence-corrected chi connectivity index (χ2v) is 4.19. The van der Waals surface area contributed by atoms with Crippen molar-refractivity contribution in [1.82, 2.24) is 0 Å². The maximum absolute atomic E-state index is 9.76. The van der Waals surface area contributed by atoms with Gasteiger partial charge in [-0.05, 0) is 37.1 Å². The minimum Gasteiger partial charge on any atom is -0.508 e. The highest BCUT2D eigenvalue weighted by Gasteiger charge is 2.03. The lowest BCUT2D eigenvalue weighted by atomic mass is 10.1. The van der Waals surface area contributed by atoms with Gasteiger partial charge < -0.3 is 9.84 Å². The number of aromatic hydroxyl groups is 1. The van der Waals surface area contributed by atoms with Crippen LogP contribution in [0.2, 0.25) is 0 Å².